The molecule has 0 aromatic heterocycles. The van der Waals surface area contributed by atoms with Crippen LogP contribution in [0.3, 0.4) is 0 Å². The Labute approximate surface area is 377 Å². The predicted molar refractivity (Wildman–Crippen MR) is 264 cm³/mol. The maximum absolute atomic E-state index is 6.26. The molecular weight excluding hydrogens is 917 g/mol. The van der Waals surface area contributed by atoms with Crippen LogP contribution in [0.2, 0.25) is 18.1 Å². The highest BCUT2D eigenvalue weighted by molar-refractivity contribution is 9.26. The third-order valence-electron chi connectivity index (χ3n) is 9.20. The van der Waals surface area contributed by atoms with Crippen molar-refractivity contribution in [3.63, 3.8) is 0 Å². The Morgan fingerprint density at radius 2 is 0.714 bits per heavy atom. The first-order valence-electron chi connectivity index (χ1n) is 21.2. The Balaban J connectivity index is 2.57. The van der Waals surface area contributed by atoms with E-state index >= 15 is 0 Å². The average Bonchev–Trinajstić information content (AvgIpc) is 3.17. The fourth-order valence-corrected chi connectivity index (χ4v) is 28.0. The minimum atomic E-state index is -2.64. The average molecular weight is 996 g/mol. The van der Waals surface area contributed by atoms with Crippen molar-refractivity contribution in [1.82, 2.24) is 0 Å². The van der Waals surface area contributed by atoms with Crippen LogP contribution >= 0.6 is 82.5 Å². The van der Waals surface area contributed by atoms with Gasteiger partial charge in [-0.25, -0.2) is 0 Å². The van der Waals surface area contributed by atoms with Crippen molar-refractivity contribution in [2.45, 2.75) is 132 Å². The molecule has 336 valence electrons. The summed E-state index contributed by atoms with van der Waals surface area (Å²) in [5.41, 5.74) is 0. The molecule has 20 heteroatoms. The van der Waals surface area contributed by atoms with Gasteiger partial charge < -0.3 is 39.8 Å². The Kier molecular flexibility index (Phi) is 38.2. The van der Waals surface area contributed by atoms with E-state index in [1.54, 1.807) is 0 Å². The van der Waals surface area contributed by atoms with Crippen LogP contribution in [0, 0.1) is 17.8 Å². The zero-order chi connectivity index (χ0) is 41.2. The second-order valence-corrected chi connectivity index (χ2v) is 33.7. The van der Waals surface area contributed by atoms with E-state index in [-0.39, 0.29) is 0 Å². The lowest BCUT2D eigenvalue weighted by Gasteiger charge is -2.38. The molecule has 0 aromatic rings. The highest BCUT2D eigenvalue weighted by Gasteiger charge is 2.43. The fourth-order valence-electron chi connectivity index (χ4n) is 7.11. The SMILES string of the molecule is CCO[Si](CCCSSSSCCC1CCC(CC[Si](OCC)(OCC)OCC)C(CCSSSSCCC[Si](OCC)(OCC)OCC)C1)(OCC)OCC. The Hall–Kier alpha value is 3.09. The van der Waals surface area contributed by atoms with Gasteiger partial charge in [-0.3, -0.25) is 0 Å². The fraction of sp³-hybridized carbons (Fsp3) is 1.00. The van der Waals surface area contributed by atoms with Gasteiger partial charge in [-0.15, -0.1) is 0 Å². The lowest BCUT2D eigenvalue weighted by molar-refractivity contribution is 0.0660. The van der Waals surface area contributed by atoms with Crippen molar-refractivity contribution < 1.29 is 39.8 Å². The van der Waals surface area contributed by atoms with Gasteiger partial charge in [-0.1, -0.05) is 49.6 Å². The van der Waals surface area contributed by atoms with Crippen LogP contribution in [0.4, 0.5) is 0 Å². The van der Waals surface area contributed by atoms with E-state index in [4.69, 9.17) is 39.8 Å². The van der Waals surface area contributed by atoms with E-state index in [2.05, 4.69) is 20.8 Å². The molecule has 0 aliphatic heterocycles. The molecule has 0 heterocycles. The van der Waals surface area contributed by atoms with Crippen molar-refractivity contribution in [2.75, 3.05) is 82.5 Å². The van der Waals surface area contributed by atoms with Crippen LogP contribution < -0.4 is 0 Å². The quantitative estimate of drug-likeness (QED) is 0.0331. The smallest absolute Gasteiger partial charge is 0.374 e. The molecule has 1 saturated carbocycles. The Bertz CT molecular complexity index is 853. The highest BCUT2D eigenvalue weighted by atomic mass is 33.7. The molecule has 0 N–H and O–H groups in total. The second-order valence-electron chi connectivity index (χ2n) is 13.0. The van der Waals surface area contributed by atoms with Crippen LogP contribution in [0.5, 0.6) is 0 Å². The van der Waals surface area contributed by atoms with Gasteiger partial charge in [0, 0.05) is 101 Å². The molecular formula is C36H78O9S8Si3. The van der Waals surface area contributed by atoms with Crippen LogP contribution in [0.25, 0.3) is 0 Å². The summed E-state index contributed by atoms with van der Waals surface area (Å²) in [4.78, 5) is 0. The molecule has 0 aromatic carbocycles. The highest BCUT2D eigenvalue weighted by Crippen LogP contribution is 2.48. The first kappa shape index (κ1) is 57.1. The van der Waals surface area contributed by atoms with Crippen molar-refractivity contribution in [3.05, 3.63) is 0 Å². The second kappa shape index (κ2) is 37.5. The van der Waals surface area contributed by atoms with Crippen molar-refractivity contribution in [3.8, 4) is 0 Å². The Morgan fingerprint density at radius 3 is 1.09 bits per heavy atom. The van der Waals surface area contributed by atoms with Gasteiger partial charge >= 0.3 is 26.4 Å². The minimum absolute atomic E-state index is 0.637. The summed E-state index contributed by atoms with van der Waals surface area (Å²) in [5.74, 6) is 6.82. The molecule has 1 aliphatic carbocycles. The van der Waals surface area contributed by atoms with Crippen LogP contribution in [0.1, 0.15) is 114 Å². The van der Waals surface area contributed by atoms with Gasteiger partial charge in [0.15, 0.2) is 0 Å². The minimum Gasteiger partial charge on any atom is -0.374 e. The van der Waals surface area contributed by atoms with Gasteiger partial charge in [0.1, 0.15) is 0 Å². The summed E-state index contributed by atoms with van der Waals surface area (Å²) >= 11 is 0. The molecule has 3 atom stereocenters. The molecule has 1 rings (SSSR count). The molecule has 0 radical (unpaired) electrons. The predicted octanol–water partition coefficient (Wildman–Crippen LogP) is 13.5. The van der Waals surface area contributed by atoms with Gasteiger partial charge in [-0.05, 0) is 164 Å². The number of hydrogen-bond donors (Lipinski definition) is 0. The normalized spacial score (nSPS) is 18.3. The molecule has 0 bridgehead atoms. The molecule has 9 nitrogen and oxygen atoms in total. The largest absolute Gasteiger partial charge is 0.500 e. The summed E-state index contributed by atoms with van der Waals surface area (Å²) in [5, 5.41) is 0. The summed E-state index contributed by atoms with van der Waals surface area (Å²) in [6.45, 7) is 24.1. The molecule has 0 amide bonds. The van der Waals surface area contributed by atoms with Gasteiger partial charge in [0.05, 0.1) is 0 Å². The molecule has 1 fully saturated rings. The van der Waals surface area contributed by atoms with Gasteiger partial charge in [-0.2, -0.15) is 0 Å². The van der Waals surface area contributed by atoms with E-state index in [9.17, 15) is 0 Å². The summed E-state index contributed by atoms with van der Waals surface area (Å²) in [6, 6.07) is 2.70. The van der Waals surface area contributed by atoms with E-state index in [0.29, 0.717) is 65.4 Å². The van der Waals surface area contributed by atoms with Gasteiger partial charge in [0.25, 0.3) is 0 Å². The maximum Gasteiger partial charge on any atom is 0.500 e. The van der Waals surface area contributed by atoms with Crippen molar-refractivity contribution >= 4 is 109 Å². The Morgan fingerprint density at radius 1 is 0.375 bits per heavy atom. The molecule has 1 aliphatic rings. The third kappa shape index (κ3) is 25.4. The zero-order valence-corrected chi connectivity index (χ0v) is 45.7. The van der Waals surface area contributed by atoms with Crippen molar-refractivity contribution in [2.24, 2.45) is 17.8 Å². The lowest BCUT2D eigenvalue weighted by Crippen LogP contribution is -2.46. The van der Waals surface area contributed by atoms with Gasteiger partial charge in [0.2, 0.25) is 0 Å². The number of rotatable bonds is 41. The summed E-state index contributed by atoms with van der Waals surface area (Å²) < 4.78 is 54.9. The maximum atomic E-state index is 6.26. The molecule has 0 spiro atoms. The molecule has 56 heavy (non-hydrogen) atoms. The van der Waals surface area contributed by atoms with Crippen LogP contribution in [0.15, 0.2) is 0 Å². The standard InChI is InChI=1S/C36H78O9S8Si3/c1-10-37-54(38-11-2,39-12-3)30-19-26-46-50-52-48-28-23-34-21-22-35(25-32-56(43-16-7,44-17-8)45-18-9)36(33-34)24-29-49-53-51-47-27-20-31-55(40-13-4,41-14-5)42-15-6/h34-36H,10-33H2,1-9H3. The van der Waals surface area contributed by atoms with Crippen LogP contribution in [-0.4, -0.2) is 109 Å². The van der Waals surface area contributed by atoms with Crippen molar-refractivity contribution in [1.29, 1.82) is 0 Å². The van der Waals surface area contributed by atoms with E-state index in [1.807, 2.05) is 124 Å². The lowest BCUT2D eigenvalue weighted by atomic mass is 9.71. The third-order valence-corrected chi connectivity index (χ3v) is 31.8. The molecule has 0 saturated heterocycles. The first-order chi connectivity index (χ1) is 27.3. The number of hydrogen-bond acceptors (Lipinski definition) is 17. The summed E-state index contributed by atoms with van der Waals surface area (Å²) in [7, 11) is 7.92. The summed E-state index contributed by atoms with van der Waals surface area (Å²) in [6.07, 6.45) is 9.81. The monoisotopic (exact) mass is 994 g/mol. The zero-order valence-electron chi connectivity index (χ0n) is 36.1. The van der Waals surface area contributed by atoms with E-state index < -0.39 is 26.4 Å². The van der Waals surface area contributed by atoms with E-state index in [0.717, 1.165) is 60.7 Å². The topological polar surface area (TPSA) is 83.1 Å². The molecule has 3 unspecified atom stereocenters. The van der Waals surface area contributed by atoms with E-state index in [1.165, 1.54) is 43.6 Å². The first-order valence-corrected chi connectivity index (χ1v) is 37.3. The van der Waals surface area contributed by atoms with Crippen LogP contribution in [-0.2, 0) is 39.8 Å².